The lowest BCUT2D eigenvalue weighted by Gasteiger charge is -2.12. The van der Waals surface area contributed by atoms with E-state index in [4.69, 9.17) is 5.11 Å². The number of carbonyl (C=O) groups is 4. The van der Waals surface area contributed by atoms with Crippen molar-refractivity contribution in [3.05, 3.63) is 86.2 Å². The second kappa shape index (κ2) is 11.4. The average molecular weight is 579 g/mol. The molecule has 202 valence electrons. The lowest BCUT2D eigenvalue weighted by atomic mass is 10.0. The van der Waals surface area contributed by atoms with Gasteiger partial charge in [-0.05, 0) is 70.2 Å². The number of thiophene rings is 1. The molecular formula is C26H18F4N2O5S2. The van der Waals surface area contributed by atoms with Crippen LogP contribution in [0.15, 0.2) is 58.8 Å². The molecule has 3 aromatic rings. The molecule has 39 heavy (non-hydrogen) atoms. The molecule has 2 N–H and O–H groups in total. The van der Waals surface area contributed by atoms with Gasteiger partial charge in [-0.1, -0.05) is 18.2 Å². The Kier molecular flexibility index (Phi) is 8.21. The summed E-state index contributed by atoms with van der Waals surface area (Å²) >= 11 is 1.82. The Balaban J connectivity index is 1.36. The van der Waals surface area contributed by atoms with Gasteiger partial charge in [-0.15, -0.1) is 11.3 Å². The smallest absolute Gasteiger partial charge is 0.419 e. The van der Waals surface area contributed by atoms with E-state index in [0.29, 0.717) is 33.8 Å². The summed E-state index contributed by atoms with van der Waals surface area (Å²) in [6, 6.07) is 10.2. The Labute approximate surface area is 227 Å². The third-order valence-corrected chi connectivity index (χ3v) is 7.41. The van der Waals surface area contributed by atoms with Gasteiger partial charge in [0.15, 0.2) is 0 Å². The zero-order valence-corrected chi connectivity index (χ0v) is 21.4. The number of alkyl halides is 3. The minimum atomic E-state index is -4.85. The number of aromatic carboxylic acids is 1. The predicted molar refractivity (Wildman–Crippen MR) is 137 cm³/mol. The third kappa shape index (κ3) is 6.73. The van der Waals surface area contributed by atoms with E-state index in [2.05, 4.69) is 5.32 Å². The molecule has 0 radical (unpaired) electrons. The van der Waals surface area contributed by atoms with E-state index in [0.717, 1.165) is 22.3 Å². The number of thioether (sulfide) groups is 1. The molecule has 3 amide bonds. The van der Waals surface area contributed by atoms with Gasteiger partial charge in [0.1, 0.15) is 5.82 Å². The van der Waals surface area contributed by atoms with Crippen molar-refractivity contribution in [3.63, 3.8) is 0 Å². The standard InChI is InChI=1S/C26H18F4N2O5S2/c27-20-6-5-16(10-19(20)26(28,29)30)17-9-18(38-13-17)11-21-23(34)32(25(37)39-21)8-7-22(33)31-12-14-1-3-15(4-2-14)24(35)36/h1-6,9-11,13H,7-8,12H2,(H,31,33)(H,35,36)/b21-11-. The Bertz CT molecular complexity index is 1480. The topological polar surface area (TPSA) is 104 Å². The number of imide groups is 1. The lowest BCUT2D eigenvalue weighted by Crippen LogP contribution is -2.33. The molecule has 0 unspecified atom stereocenters. The molecule has 0 spiro atoms. The summed E-state index contributed by atoms with van der Waals surface area (Å²) in [5, 5.41) is 12.6. The van der Waals surface area contributed by atoms with Gasteiger partial charge < -0.3 is 10.4 Å². The van der Waals surface area contributed by atoms with E-state index in [9.17, 15) is 36.7 Å². The molecule has 1 aliphatic rings. The Hall–Kier alpha value is -3.97. The van der Waals surface area contributed by atoms with Gasteiger partial charge >= 0.3 is 12.1 Å². The number of carbonyl (C=O) groups excluding carboxylic acids is 3. The second-order valence-electron chi connectivity index (χ2n) is 8.29. The molecule has 13 heteroatoms. The predicted octanol–water partition coefficient (Wildman–Crippen LogP) is 6.01. The SMILES string of the molecule is O=C(CCN1C(=O)S/C(=C\c2cc(-c3ccc(F)c(C(F)(F)F)c3)cs2)C1=O)NCc1ccc(C(=O)O)cc1. The van der Waals surface area contributed by atoms with Gasteiger partial charge in [-0.3, -0.25) is 19.3 Å². The molecule has 1 fully saturated rings. The largest absolute Gasteiger partial charge is 0.478 e. The van der Waals surface area contributed by atoms with Crippen LogP contribution in [0.25, 0.3) is 17.2 Å². The van der Waals surface area contributed by atoms with E-state index in [1.165, 1.54) is 30.3 Å². The van der Waals surface area contributed by atoms with Crippen LogP contribution >= 0.6 is 23.1 Å². The minimum Gasteiger partial charge on any atom is -0.478 e. The summed E-state index contributed by atoms with van der Waals surface area (Å²) in [5.41, 5.74) is -0.0498. The van der Waals surface area contributed by atoms with Crippen LogP contribution in [0.4, 0.5) is 22.4 Å². The van der Waals surface area contributed by atoms with Gasteiger partial charge in [0.25, 0.3) is 11.1 Å². The van der Waals surface area contributed by atoms with Gasteiger partial charge in [-0.2, -0.15) is 13.2 Å². The summed E-state index contributed by atoms with van der Waals surface area (Å²) in [7, 11) is 0. The molecule has 1 aromatic heterocycles. The van der Waals surface area contributed by atoms with Gasteiger partial charge in [0.05, 0.1) is 16.0 Å². The second-order valence-corrected chi connectivity index (χ2v) is 10.2. The third-order valence-electron chi connectivity index (χ3n) is 5.62. The van der Waals surface area contributed by atoms with E-state index in [-0.39, 0.29) is 35.5 Å². The summed E-state index contributed by atoms with van der Waals surface area (Å²) in [6.45, 7) is -0.0168. The number of carboxylic acids is 1. The van der Waals surface area contributed by atoms with Crippen molar-refractivity contribution in [1.29, 1.82) is 0 Å². The van der Waals surface area contributed by atoms with Gasteiger partial charge in [0, 0.05) is 24.4 Å². The zero-order chi connectivity index (χ0) is 28.3. The van der Waals surface area contributed by atoms with Crippen molar-refractivity contribution < 1.29 is 41.8 Å². The van der Waals surface area contributed by atoms with Crippen LogP contribution in [0.2, 0.25) is 0 Å². The number of nitrogens with one attached hydrogen (secondary N) is 1. The van der Waals surface area contributed by atoms with Crippen LogP contribution < -0.4 is 5.32 Å². The number of rotatable bonds is 8. The summed E-state index contributed by atoms with van der Waals surface area (Å²) in [6.07, 6.45) is -3.55. The van der Waals surface area contributed by atoms with Crippen LogP contribution in [-0.2, 0) is 22.3 Å². The van der Waals surface area contributed by atoms with E-state index < -0.39 is 40.6 Å². The molecule has 0 atom stereocenters. The van der Waals surface area contributed by atoms with Crippen LogP contribution in [0.3, 0.4) is 0 Å². The first kappa shape index (κ1) is 28.0. The molecule has 2 aromatic carbocycles. The Morgan fingerprint density at radius 2 is 1.74 bits per heavy atom. The van der Waals surface area contributed by atoms with Crippen LogP contribution in [-0.4, -0.2) is 39.6 Å². The van der Waals surface area contributed by atoms with E-state index >= 15 is 0 Å². The first-order valence-electron chi connectivity index (χ1n) is 11.2. The van der Waals surface area contributed by atoms with E-state index in [1.807, 2.05) is 0 Å². The maximum atomic E-state index is 13.6. The van der Waals surface area contributed by atoms with Crippen molar-refractivity contribution in [3.8, 4) is 11.1 Å². The molecule has 4 rings (SSSR count). The van der Waals surface area contributed by atoms with Crippen LogP contribution in [0.1, 0.15) is 32.8 Å². The first-order chi connectivity index (χ1) is 18.4. The zero-order valence-electron chi connectivity index (χ0n) is 19.8. The molecular weight excluding hydrogens is 560 g/mol. The van der Waals surface area contributed by atoms with Crippen molar-refractivity contribution in [1.82, 2.24) is 10.2 Å². The number of halogens is 4. The fraction of sp³-hybridized carbons (Fsp3) is 0.154. The highest BCUT2D eigenvalue weighted by Gasteiger charge is 2.36. The minimum absolute atomic E-state index is 0.0995. The number of hydrogen-bond donors (Lipinski definition) is 2. The summed E-state index contributed by atoms with van der Waals surface area (Å²) < 4.78 is 52.7. The lowest BCUT2D eigenvalue weighted by molar-refractivity contribution is -0.140. The van der Waals surface area contributed by atoms with Crippen molar-refractivity contribution in [2.75, 3.05) is 6.54 Å². The highest BCUT2D eigenvalue weighted by Crippen LogP contribution is 2.37. The molecule has 0 aliphatic carbocycles. The van der Waals surface area contributed by atoms with Crippen LogP contribution in [0.5, 0.6) is 0 Å². The summed E-state index contributed by atoms with van der Waals surface area (Å²) in [5.74, 6) is -3.46. The number of carboxylic acid groups (broad SMARTS) is 1. The first-order valence-corrected chi connectivity index (χ1v) is 12.9. The summed E-state index contributed by atoms with van der Waals surface area (Å²) in [4.78, 5) is 49.7. The molecule has 1 aliphatic heterocycles. The molecule has 7 nitrogen and oxygen atoms in total. The highest BCUT2D eigenvalue weighted by molar-refractivity contribution is 8.18. The van der Waals surface area contributed by atoms with Gasteiger partial charge in [-0.25, -0.2) is 9.18 Å². The fourth-order valence-electron chi connectivity index (χ4n) is 3.59. The maximum Gasteiger partial charge on any atom is 0.419 e. The quantitative estimate of drug-likeness (QED) is 0.251. The molecule has 2 heterocycles. The maximum absolute atomic E-state index is 13.6. The molecule has 1 saturated heterocycles. The Morgan fingerprint density at radius 3 is 2.41 bits per heavy atom. The normalized spacial score (nSPS) is 14.8. The van der Waals surface area contributed by atoms with Crippen LogP contribution in [0, 0.1) is 5.82 Å². The van der Waals surface area contributed by atoms with Gasteiger partial charge in [0.2, 0.25) is 5.91 Å². The number of nitrogens with zero attached hydrogens (tertiary/aromatic N) is 1. The number of benzene rings is 2. The fourth-order valence-corrected chi connectivity index (χ4v) is 5.37. The average Bonchev–Trinajstić information content (AvgIpc) is 3.45. The van der Waals surface area contributed by atoms with E-state index in [1.54, 1.807) is 17.5 Å². The Morgan fingerprint density at radius 1 is 1.03 bits per heavy atom. The van der Waals surface area contributed by atoms with Crippen molar-refractivity contribution in [2.24, 2.45) is 0 Å². The van der Waals surface area contributed by atoms with Crippen molar-refractivity contribution >= 4 is 52.2 Å². The van der Waals surface area contributed by atoms with Crippen molar-refractivity contribution in [2.45, 2.75) is 19.1 Å². The molecule has 0 saturated carbocycles. The molecule has 0 bridgehead atoms. The monoisotopic (exact) mass is 578 g/mol. The number of amides is 3. The highest BCUT2D eigenvalue weighted by atomic mass is 32.2. The number of hydrogen-bond acceptors (Lipinski definition) is 6.